The zero-order chi connectivity index (χ0) is 15.5. The minimum Gasteiger partial charge on any atom is -0.493 e. The SMILES string of the molecule is COc1ccc(Cc2nc(N)nc3c2CCCC3)cc1OC. The predicted molar refractivity (Wildman–Crippen MR) is 85.4 cm³/mol. The molecule has 2 aromatic rings. The highest BCUT2D eigenvalue weighted by molar-refractivity contribution is 5.45. The molecule has 0 atom stereocenters. The lowest BCUT2D eigenvalue weighted by atomic mass is 9.92. The molecular formula is C17H21N3O2. The number of hydrogen-bond donors (Lipinski definition) is 1. The van der Waals surface area contributed by atoms with Crippen LogP contribution in [0.2, 0.25) is 0 Å². The fourth-order valence-electron chi connectivity index (χ4n) is 3.02. The minimum absolute atomic E-state index is 0.371. The standard InChI is InChI=1S/C17H21N3O2/c1-21-15-8-7-11(10-16(15)22-2)9-14-12-5-3-4-6-13(12)19-17(18)20-14/h7-8,10H,3-6,9H2,1-2H3,(H2,18,19,20). The highest BCUT2D eigenvalue weighted by Crippen LogP contribution is 2.30. The van der Waals surface area contributed by atoms with E-state index in [1.165, 1.54) is 18.4 Å². The van der Waals surface area contributed by atoms with Crippen LogP contribution < -0.4 is 15.2 Å². The van der Waals surface area contributed by atoms with Crippen LogP contribution in [0.1, 0.15) is 35.4 Å². The molecule has 1 aliphatic rings. The summed E-state index contributed by atoms with van der Waals surface area (Å²) in [5, 5.41) is 0. The number of aryl methyl sites for hydroxylation is 1. The molecule has 0 saturated carbocycles. The van der Waals surface area contributed by atoms with Crippen molar-refractivity contribution in [3.63, 3.8) is 0 Å². The fourth-order valence-corrected chi connectivity index (χ4v) is 3.02. The van der Waals surface area contributed by atoms with E-state index >= 15 is 0 Å². The van der Waals surface area contributed by atoms with Gasteiger partial charge in [-0.3, -0.25) is 0 Å². The Morgan fingerprint density at radius 1 is 1.05 bits per heavy atom. The molecule has 0 unspecified atom stereocenters. The third kappa shape index (κ3) is 2.84. The molecule has 22 heavy (non-hydrogen) atoms. The van der Waals surface area contributed by atoms with Gasteiger partial charge in [0, 0.05) is 12.1 Å². The van der Waals surface area contributed by atoms with E-state index in [4.69, 9.17) is 15.2 Å². The van der Waals surface area contributed by atoms with Gasteiger partial charge in [-0.15, -0.1) is 0 Å². The summed E-state index contributed by atoms with van der Waals surface area (Å²) < 4.78 is 10.6. The smallest absolute Gasteiger partial charge is 0.220 e. The Kier molecular flexibility index (Phi) is 4.13. The number of rotatable bonds is 4. The zero-order valence-electron chi connectivity index (χ0n) is 13.1. The van der Waals surface area contributed by atoms with Crippen LogP contribution in [0.15, 0.2) is 18.2 Å². The van der Waals surface area contributed by atoms with E-state index in [0.717, 1.165) is 47.7 Å². The van der Waals surface area contributed by atoms with Gasteiger partial charge in [0.2, 0.25) is 5.95 Å². The van der Waals surface area contributed by atoms with Crippen LogP contribution in [0.5, 0.6) is 11.5 Å². The predicted octanol–water partition coefficient (Wildman–Crippen LogP) is 2.55. The molecule has 0 saturated heterocycles. The van der Waals surface area contributed by atoms with Gasteiger partial charge < -0.3 is 15.2 Å². The fraction of sp³-hybridized carbons (Fsp3) is 0.412. The van der Waals surface area contributed by atoms with E-state index in [-0.39, 0.29) is 0 Å². The molecule has 1 aromatic carbocycles. The van der Waals surface area contributed by atoms with Crippen LogP contribution in [0.3, 0.4) is 0 Å². The number of methoxy groups -OCH3 is 2. The van der Waals surface area contributed by atoms with E-state index in [1.807, 2.05) is 18.2 Å². The molecular weight excluding hydrogens is 278 g/mol. The van der Waals surface area contributed by atoms with Crippen molar-refractivity contribution >= 4 is 5.95 Å². The lowest BCUT2D eigenvalue weighted by Gasteiger charge is -2.18. The Bertz CT molecular complexity index is 686. The van der Waals surface area contributed by atoms with Crippen molar-refractivity contribution in [2.75, 3.05) is 20.0 Å². The average molecular weight is 299 g/mol. The van der Waals surface area contributed by atoms with Gasteiger partial charge in [0.1, 0.15) is 0 Å². The van der Waals surface area contributed by atoms with Crippen LogP contribution in [0, 0.1) is 0 Å². The van der Waals surface area contributed by atoms with Crippen molar-refractivity contribution in [1.29, 1.82) is 0 Å². The maximum atomic E-state index is 5.87. The molecule has 0 fully saturated rings. The zero-order valence-corrected chi connectivity index (χ0v) is 13.1. The number of aromatic nitrogens is 2. The maximum Gasteiger partial charge on any atom is 0.220 e. The molecule has 0 amide bonds. The van der Waals surface area contributed by atoms with E-state index in [9.17, 15) is 0 Å². The second-order valence-electron chi connectivity index (χ2n) is 5.53. The van der Waals surface area contributed by atoms with E-state index in [1.54, 1.807) is 14.2 Å². The molecule has 2 N–H and O–H groups in total. The third-order valence-corrected chi connectivity index (χ3v) is 4.11. The average Bonchev–Trinajstić information content (AvgIpc) is 2.54. The molecule has 0 radical (unpaired) electrons. The number of nitrogens with zero attached hydrogens (tertiary/aromatic N) is 2. The van der Waals surface area contributed by atoms with Crippen molar-refractivity contribution in [2.45, 2.75) is 32.1 Å². The number of nitrogen functional groups attached to an aromatic ring is 1. The van der Waals surface area contributed by atoms with Crippen molar-refractivity contribution in [2.24, 2.45) is 0 Å². The van der Waals surface area contributed by atoms with E-state index in [0.29, 0.717) is 5.95 Å². The molecule has 0 bridgehead atoms. The Labute approximate surface area is 130 Å². The highest BCUT2D eigenvalue weighted by atomic mass is 16.5. The summed E-state index contributed by atoms with van der Waals surface area (Å²) in [6.07, 6.45) is 5.15. The summed E-state index contributed by atoms with van der Waals surface area (Å²) in [4.78, 5) is 8.87. The summed E-state index contributed by atoms with van der Waals surface area (Å²) >= 11 is 0. The van der Waals surface area contributed by atoms with E-state index < -0.39 is 0 Å². The summed E-state index contributed by atoms with van der Waals surface area (Å²) in [6, 6.07) is 5.95. The Morgan fingerprint density at radius 3 is 2.59 bits per heavy atom. The maximum absolute atomic E-state index is 5.87. The van der Waals surface area contributed by atoms with Gasteiger partial charge in [-0.25, -0.2) is 9.97 Å². The molecule has 1 heterocycles. The molecule has 5 nitrogen and oxygen atoms in total. The third-order valence-electron chi connectivity index (χ3n) is 4.11. The second-order valence-corrected chi connectivity index (χ2v) is 5.53. The minimum atomic E-state index is 0.371. The molecule has 1 aromatic heterocycles. The summed E-state index contributed by atoms with van der Waals surface area (Å²) in [6.45, 7) is 0. The normalized spacial score (nSPS) is 13.5. The van der Waals surface area contributed by atoms with Crippen molar-refractivity contribution in [3.8, 4) is 11.5 Å². The van der Waals surface area contributed by atoms with Crippen molar-refractivity contribution in [3.05, 3.63) is 40.7 Å². The molecule has 0 spiro atoms. The number of fused-ring (bicyclic) bond motifs is 1. The molecule has 1 aliphatic carbocycles. The van der Waals surface area contributed by atoms with Gasteiger partial charge in [-0.05, 0) is 48.9 Å². The molecule has 0 aliphatic heterocycles. The van der Waals surface area contributed by atoms with Gasteiger partial charge in [-0.2, -0.15) is 0 Å². The lowest BCUT2D eigenvalue weighted by molar-refractivity contribution is 0.354. The Hall–Kier alpha value is -2.30. The van der Waals surface area contributed by atoms with Gasteiger partial charge in [0.15, 0.2) is 11.5 Å². The van der Waals surface area contributed by atoms with Crippen LogP contribution in [-0.2, 0) is 19.3 Å². The van der Waals surface area contributed by atoms with E-state index in [2.05, 4.69) is 9.97 Å². The second kappa shape index (κ2) is 6.22. The number of hydrogen-bond acceptors (Lipinski definition) is 5. The van der Waals surface area contributed by atoms with Crippen LogP contribution in [0.25, 0.3) is 0 Å². The first-order valence-corrected chi connectivity index (χ1v) is 7.56. The number of benzene rings is 1. The van der Waals surface area contributed by atoms with Crippen molar-refractivity contribution in [1.82, 2.24) is 9.97 Å². The topological polar surface area (TPSA) is 70.3 Å². The van der Waals surface area contributed by atoms with Gasteiger partial charge in [0.25, 0.3) is 0 Å². The van der Waals surface area contributed by atoms with Crippen LogP contribution in [-0.4, -0.2) is 24.2 Å². The summed E-state index contributed by atoms with van der Waals surface area (Å²) in [5.41, 5.74) is 10.4. The summed E-state index contributed by atoms with van der Waals surface area (Å²) in [5.74, 6) is 1.84. The summed E-state index contributed by atoms with van der Waals surface area (Å²) in [7, 11) is 3.28. The van der Waals surface area contributed by atoms with Gasteiger partial charge in [0.05, 0.1) is 19.9 Å². The quantitative estimate of drug-likeness (QED) is 0.939. The van der Waals surface area contributed by atoms with Crippen LogP contribution in [0.4, 0.5) is 5.95 Å². The monoisotopic (exact) mass is 299 g/mol. The molecule has 116 valence electrons. The highest BCUT2D eigenvalue weighted by Gasteiger charge is 2.17. The first-order valence-electron chi connectivity index (χ1n) is 7.56. The largest absolute Gasteiger partial charge is 0.493 e. The first kappa shape index (κ1) is 14.6. The van der Waals surface area contributed by atoms with Gasteiger partial charge in [-0.1, -0.05) is 6.07 Å². The number of nitrogens with two attached hydrogens (primary N) is 1. The molecule has 3 rings (SSSR count). The van der Waals surface area contributed by atoms with Gasteiger partial charge >= 0.3 is 0 Å². The number of anilines is 1. The lowest BCUT2D eigenvalue weighted by Crippen LogP contribution is -2.13. The number of ether oxygens (including phenoxy) is 2. The Morgan fingerprint density at radius 2 is 1.82 bits per heavy atom. The first-order chi connectivity index (χ1) is 10.7. The Balaban J connectivity index is 1.95. The molecule has 5 heteroatoms. The van der Waals surface area contributed by atoms with Crippen molar-refractivity contribution < 1.29 is 9.47 Å². The van der Waals surface area contributed by atoms with Crippen LogP contribution >= 0.6 is 0 Å².